The van der Waals surface area contributed by atoms with Crippen molar-refractivity contribution in [3.8, 4) is 0 Å². The molecule has 1 aromatic rings. The second-order valence-corrected chi connectivity index (χ2v) is 10.5. The number of hydrogen-bond acceptors (Lipinski definition) is 5. The molecule has 2 aliphatic rings. The van der Waals surface area contributed by atoms with E-state index in [0.29, 0.717) is 18.7 Å². The van der Waals surface area contributed by atoms with Crippen molar-refractivity contribution in [1.82, 2.24) is 4.31 Å². The second kappa shape index (κ2) is 6.37. The zero-order valence-corrected chi connectivity index (χ0v) is 15.9. The van der Waals surface area contributed by atoms with Gasteiger partial charge in [-0.3, -0.25) is 4.79 Å². The zero-order valence-electron chi connectivity index (χ0n) is 14.3. The Morgan fingerprint density at radius 2 is 1.76 bits per heavy atom. The number of piperidine rings is 1. The third-order valence-corrected chi connectivity index (χ3v) is 8.61. The summed E-state index contributed by atoms with van der Waals surface area (Å²) < 4.78 is 52.3. The van der Waals surface area contributed by atoms with Crippen molar-refractivity contribution in [3.63, 3.8) is 0 Å². The maximum absolute atomic E-state index is 12.8. The summed E-state index contributed by atoms with van der Waals surface area (Å²) in [5, 5.41) is 0. The van der Waals surface area contributed by atoms with Crippen molar-refractivity contribution in [2.24, 2.45) is 5.92 Å². The van der Waals surface area contributed by atoms with Crippen LogP contribution >= 0.6 is 0 Å². The maximum Gasteiger partial charge on any atom is 0.244 e. The summed E-state index contributed by atoms with van der Waals surface area (Å²) in [5.74, 6) is -1.30. The molecule has 7 nitrogen and oxygen atoms in total. The van der Waals surface area contributed by atoms with Gasteiger partial charge in [0.2, 0.25) is 26.0 Å². The van der Waals surface area contributed by atoms with Crippen LogP contribution in [0.5, 0.6) is 0 Å². The van der Waals surface area contributed by atoms with Crippen LogP contribution in [-0.2, 0) is 24.8 Å². The predicted molar refractivity (Wildman–Crippen MR) is 94.2 cm³/mol. The summed E-state index contributed by atoms with van der Waals surface area (Å²) in [4.78, 5) is 12.3. The van der Waals surface area contributed by atoms with Crippen LogP contribution in [0.25, 0.3) is 0 Å². The molecule has 2 fully saturated rings. The third-order valence-electron chi connectivity index (χ3n) is 4.69. The first-order chi connectivity index (χ1) is 11.6. The third kappa shape index (κ3) is 3.20. The number of carbonyl (C=O) groups is 1. The molecule has 25 heavy (non-hydrogen) atoms. The summed E-state index contributed by atoms with van der Waals surface area (Å²) in [6, 6.07) is 4.27. The number of amides is 1. The average Bonchev–Trinajstić information content (AvgIpc) is 2.75. The lowest BCUT2D eigenvalue weighted by atomic mass is 10.2. The van der Waals surface area contributed by atoms with Crippen molar-refractivity contribution in [1.29, 1.82) is 0 Å². The van der Waals surface area contributed by atoms with E-state index < -0.39 is 31.9 Å². The minimum atomic E-state index is -3.70. The largest absolute Gasteiger partial charge is 0.273 e. The van der Waals surface area contributed by atoms with Crippen molar-refractivity contribution < 1.29 is 21.6 Å². The van der Waals surface area contributed by atoms with E-state index in [0.717, 1.165) is 23.6 Å². The normalized spacial score (nSPS) is 24.6. The molecule has 138 valence electrons. The minimum Gasteiger partial charge on any atom is -0.273 e. The molecule has 1 aromatic carbocycles. The van der Waals surface area contributed by atoms with Gasteiger partial charge in [0.05, 0.1) is 22.3 Å². The first-order valence-electron chi connectivity index (χ1n) is 8.32. The van der Waals surface area contributed by atoms with Crippen LogP contribution in [0, 0.1) is 12.8 Å². The Bertz CT molecular complexity index is 902. The molecular weight excluding hydrogens is 364 g/mol. The van der Waals surface area contributed by atoms with Gasteiger partial charge in [0.1, 0.15) is 0 Å². The summed E-state index contributed by atoms with van der Waals surface area (Å²) >= 11 is 0. The van der Waals surface area contributed by atoms with Gasteiger partial charge in [-0.05, 0) is 43.5 Å². The number of carbonyl (C=O) groups excluding carboxylic acids is 1. The van der Waals surface area contributed by atoms with Crippen LogP contribution < -0.4 is 4.31 Å². The molecule has 2 aliphatic heterocycles. The number of rotatable bonds is 3. The first-order valence-corrected chi connectivity index (χ1v) is 11.4. The van der Waals surface area contributed by atoms with Gasteiger partial charge >= 0.3 is 0 Å². The molecule has 0 bridgehead atoms. The van der Waals surface area contributed by atoms with E-state index in [1.54, 1.807) is 13.8 Å². The Morgan fingerprint density at radius 3 is 2.28 bits per heavy atom. The monoisotopic (exact) mass is 386 g/mol. The standard InChI is InChI=1S/C16H22N2O5S2/c1-12-10-14(18-16(19)13(2)11-24(18,20)21)6-7-15(12)25(22,23)17-8-4-3-5-9-17/h6-7,10,13H,3-5,8-9,11H2,1-2H3. The van der Waals surface area contributed by atoms with Gasteiger partial charge in [-0.1, -0.05) is 13.3 Å². The van der Waals surface area contributed by atoms with Crippen molar-refractivity contribution in [3.05, 3.63) is 23.8 Å². The summed E-state index contributed by atoms with van der Waals surface area (Å²) in [6.45, 7) is 4.19. The smallest absolute Gasteiger partial charge is 0.244 e. The van der Waals surface area contributed by atoms with E-state index in [2.05, 4.69) is 0 Å². The number of hydrogen-bond donors (Lipinski definition) is 0. The number of anilines is 1. The van der Waals surface area contributed by atoms with Crippen LogP contribution in [-0.4, -0.2) is 45.9 Å². The number of sulfonamides is 2. The molecule has 9 heteroatoms. The van der Waals surface area contributed by atoms with Crippen molar-refractivity contribution >= 4 is 31.6 Å². The van der Waals surface area contributed by atoms with Gasteiger partial charge in [-0.25, -0.2) is 21.1 Å². The van der Waals surface area contributed by atoms with Crippen LogP contribution in [0.3, 0.4) is 0 Å². The second-order valence-electron chi connectivity index (χ2n) is 6.70. The Balaban J connectivity index is 1.98. The summed E-state index contributed by atoms with van der Waals surface area (Å²) in [7, 11) is -7.31. The lowest BCUT2D eigenvalue weighted by molar-refractivity contribution is -0.119. The van der Waals surface area contributed by atoms with Gasteiger partial charge < -0.3 is 0 Å². The van der Waals surface area contributed by atoms with E-state index in [9.17, 15) is 21.6 Å². The molecular formula is C16H22N2O5S2. The summed E-state index contributed by atoms with van der Waals surface area (Å²) in [6.07, 6.45) is 2.71. The molecule has 0 radical (unpaired) electrons. The Labute approximate surface area is 148 Å². The molecule has 1 atom stereocenters. The molecule has 0 saturated carbocycles. The maximum atomic E-state index is 12.8. The molecule has 2 saturated heterocycles. The number of nitrogens with zero attached hydrogens (tertiary/aromatic N) is 2. The Hall–Kier alpha value is -1.45. The Kier molecular flexibility index (Phi) is 4.67. The molecule has 2 heterocycles. The molecule has 0 spiro atoms. The Morgan fingerprint density at radius 1 is 1.12 bits per heavy atom. The highest BCUT2D eigenvalue weighted by Crippen LogP contribution is 2.32. The van der Waals surface area contributed by atoms with Crippen LogP contribution in [0.4, 0.5) is 5.69 Å². The number of aryl methyl sites for hydroxylation is 1. The van der Waals surface area contributed by atoms with Gasteiger partial charge in [-0.2, -0.15) is 4.31 Å². The van der Waals surface area contributed by atoms with Crippen LogP contribution in [0.2, 0.25) is 0 Å². The highest BCUT2D eigenvalue weighted by atomic mass is 32.2. The van der Waals surface area contributed by atoms with Crippen molar-refractivity contribution in [2.75, 3.05) is 23.1 Å². The zero-order chi connectivity index (χ0) is 18.4. The van der Waals surface area contributed by atoms with Gasteiger partial charge in [-0.15, -0.1) is 0 Å². The van der Waals surface area contributed by atoms with Crippen LogP contribution in [0.15, 0.2) is 23.1 Å². The average molecular weight is 386 g/mol. The molecule has 0 aromatic heterocycles. The molecule has 0 aliphatic carbocycles. The van der Waals surface area contributed by atoms with E-state index in [1.807, 2.05) is 0 Å². The topological polar surface area (TPSA) is 91.8 Å². The highest BCUT2D eigenvalue weighted by molar-refractivity contribution is 7.94. The molecule has 1 unspecified atom stereocenters. The molecule has 1 amide bonds. The first kappa shape index (κ1) is 18.3. The van der Waals surface area contributed by atoms with E-state index in [1.165, 1.54) is 22.5 Å². The fraction of sp³-hybridized carbons (Fsp3) is 0.562. The lowest BCUT2D eigenvalue weighted by Crippen LogP contribution is -2.36. The van der Waals surface area contributed by atoms with Crippen molar-refractivity contribution in [2.45, 2.75) is 38.0 Å². The molecule has 3 rings (SSSR count). The fourth-order valence-electron chi connectivity index (χ4n) is 3.38. The van der Waals surface area contributed by atoms with Gasteiger partial charge in [0.25, 0.3) is 0 Å². The predicted octanol–water partition coefficient (Wildman–Crippen LogP) is 1.48. The van der Waals surface area contributed by atoms with E-state index in [-0.39, 0.29) is 16.3 Å². The van der Waals surface area contributed by atoms with E-state index >= 15 is 0 Å². The van der Waals surface area contributed by atoms with Crippen LogP contribution in [0.1, 0.15) is 31.7 Å². The lowest BCUT2D eigenvalue weighted by Gasteiger charge is -2.27. The van der Waals surface area contributed by atoms with Gasteiger partial charge in [0.15, 0.2) is 0 Å². The van der Waals surface area contributed by atoms with Gasteiger partial charge in [0, 0.05) is 13.1 Å². The SMILES string of the molecule is Cc1cc(N2C(=O)C(C)CS2(=O)=O)ccc1S(=O)(=O)N1CCCCC1. The minimum absolute atomic E-state index is 0.162. The molecule has 0 N–H and O–H groups in total. The summed E-state index contributed by atoms with van der Waals surface area (Å²) in [5.41, 5.74) is 0.634. The number of benzene rings is 1. The fourth-order valence-corrected chi connectivity index (χ4v) is 6.92. The highest BCUT2D eigenvalue weighted by Gasteiger charge is 2.42. The van der Waals surface area contributed by atoms with E-state index in [4.69, 9.17) is 0 Å². The quantitative estimate of drug-likeness (QED) is 0.785.